The van der Waals surface area contributed by atoms with Crippen LogP contribution in [-0.2, 0) is 9.47 Å². The van der Waals surface area contributed by atoms with Gasteiger partial charge >= 0.3 is 6.09 Å². The fourth-order valence-electron chi connectivity index (χ4n) is 1.53. The van der Waals surface area contributed by atoms with Crippen LogP contribution in [0.15, 0.2) is 0 Å². The minimum absolute atomic E-state index is 0.223. The first-order valence-corrected chi connectivity index (χ1v) is 4.76. The van der Waals surface area contributed by atoms with Crippen LogP contribution >= 0.6 is 0 Å². The topological polar surface area (TPSA) is 79.2 Å². The van der Waals surface area contributed by atoms with Crippen molar-refractivity contribution in [1.29, 1.82) is 0 Å². The summed E-state index contributed by atoms with van der Waals surface area (Å²) >= 11 is 0. The van der Waals surface area contributed by atoms with E-state index in [0.717, 1.165) is 4.90 Å². The molecule has 88 valence electrons. The van der Waals surface area contributed by atoms with Crippen LogP contribution in [0.2, 0.25) is 0 Å². The Morgan fingerprint density at radius 2 is 2.20 bits per heavy atom. The number of nitrogens with zero attached hydrogens (tertiary/aromatic N) is 1. The van der Waals surface area contributed by atoms with Gasteiger partial charge in [0.25, 0.3) is 0 Å². The molecule has 0 bridgehead atoms. The van der Waals surface area contributed by atoms with Gasteiger partial charge in [0.1, 0.15) is 6.10 Å². The fourth-order valence-corrected chi connectivity index (χ4v) is 1.53. The lowest BCUT2D eigenvalue weighted by Crippen LogP contribution is -2.57. The van der Waals surface area contributed by atoms with Crippen LogP contribution < -0.4 is 0 Å². The van der Waals surface area contributed by atoms with Gasteiger partial charge in [-0.25, -0.2) is 4.79 Å². The molecule has 1 amide bonds. The van der Waals surface area contributed by atoms with Crippen LogP contribution in [0.4, 0.5) is 4.79 Å². The SMILES string of the molecule is CN(C(=O)O)C1COC(C)(C)OC1CO. The minimum atomic E-state index is -1.06. The van der Waals surface area contributed by atoms with Gasteiger partial charge in [-0.2, -0.15) is 0 Å². The molecular weight excluding hydrogens is 202 g/mol. The van der Waals surface area contributed by atoms with Crippen LogP contribution in [0.1, 0.15) is 13.8 Å². The first-order chi connectivity index (χ1) is 6.87. The molecule has 1 aliphatic rings. The second-order valence-electron chi connectivity index (χ2n) is 4.01. The normalized spacial score (nSPS) is 29.9. The number of amides is 1. The van der Waals surface area contributed by atoms with Gasteiger partial charge in [0, 0.05) is 7.05 Å². The minimum Gasteiger partial charge on any atom is -0.465 e. The zero-order valence-electron chi connectivity index (χ0n) is 9.14. The zero-order chi connectivity index (χ0) is 11.6. The van der Waals surface area contributed by atoms with Crippen molar-refractivity contribution >= 4 is 6.09 Å². The van der Waals surface area contributed by atoms with Crippen LogP contribution in [0.25, 0.3) is 0 Å². The molecule has 6 nitrogen and oxygen atoms in total. The molecule has 0 radical (unpaired) electrons. The predicted molar refractivity (Wildman–Crippen MR) is 51.6 cm³/mol. The number of aliphatic hydroxyl groups excluding tert-OH is 1. The van der Waals surface area contributed by atoms with E-state index in [0.29, 0.717) is 0 Å². The van der Waals surface area contributed by atoms with Gasteiger partial charge < -0.3 is 24.6 Å². The summed E-state index contributed by atoms with van der Waals surface area (Å²) in [5.41, 5.74) is 0. The average molecular weight is 219 g/mol. The van der Waals surface area contributed by atoms with Gasteiger partial charge in [0.05, 0.1) is 19.3 Å². The highest BCUT2D eigenvalue weighted by Crippen LogP contribution is 2.24. The van der Waals surface area contributed by atoms with Crippen molar-refractivity contribution in [3.8, 4) is 0 Å². The first kappa shape index (κ1) is 12.2. The summed E-state index contributed by atoms with van der Waals surface area (Å²) < 4.78 is 10.8. The van der Waals surface area contributed by atoms with Gasteiger partial charge in [-0.05, 0) is 13.8 Å². The lowest BCUT2D eigenvalue weighted by Gasteiger charge is -2.42. The van der Waals surface area contributed by atoms with Crippen molar-refractivity contribution in [3.63, 3.8) is 0 Å². The Morgan fingerprint density at radius 1 is 1.60 bits per heavy atom. The van der Waals surface area contributed by atoms with E-state index in [1.807, 2.05) is 0 Å². The summed E-state index contributed by atoms with van der Waals surface area (Å²) in [4.78, 5) is 11.8. The molecule has 0 aliphatic carbocycles. The van der Waals surface area contributed by atoms with E-state index in [4.69, 9.17) is 19.7 Å². The van der Waals surface area contributed by atoms with Crippen LogP contribution in [0.5, 0.6) is 0 Å². The summed E-state index contributed by atoms with van der Waals surface area (Å²) in [6.07, 6.45) is -1.61. The van der Waals surface area contributed by atoms with E-state index < -0.39 is 24.0 Å². The highest BCUT2D eigenvalue weighted by molar-refractivity contribution is 5.65. The Balaban J connectivity index is 2.70. The van der Waals surface area contributed by atoms with Crippen molar-refractivity contribution in [2.24, 2.45) is 0 Å². The Bertz CT molecular complexity index is 243. The molecule has 0 saturated carbocycles. The van der Waals surface area contributed by atoms with Crippen molar-refractivity contribution in [1.82, 2.24) is 4.90 Å². The summed E-state index contributed by atoms with van der Waals surface area (Å²) in [6, 6.07) is -0.472. The Morgan fingerprint density at radius 3 is 2.67 bits per heavy atom. The molecule has 0 aromatic heterocycles. The molecule has 1 aliphatic heterocycles. The van der Waals surface area contributed by atoms with E-state index in [9.17, 15) is 4.79 Å². The van der Waals surface area contributed by atoms with Gasteiger partial charge in [-0.15, -0.1) is 0 Å². The number of hydrogen-bond donors (Lipinski definition) is 2. The molecule has 2 N–H and O–H groups in total. The maximum absolute atomic E-state index is 10.8. The number of hydrogen-bond acceptors (Lipinski definition) is 4. The van der Waals surface area contributed by atoms with Gasteiger partial charge in [0.2, 0.25) is 0 Å². The highest BCUT2D eigenvalue weighted by atomic mass is 16.7. The van der Waals surface area contributed by atoms with Crippen LogP contribution in [0.3, 0.4) is 0 Å². The predicted octanol–water partition coefficient (Wildman–Crippen LogP) is 0.109. The largest absolute Gasteiger partial charge is 0.465 e. The Labute approximate surface area is 88.4 Å². The lowest BCUT2D eigenvalue weighted by molar-refractivity contribution is -0.295. The van der Waals surface area contributed by atoms with Crippen LogP contribution in [-0.4, -0.2) is 59.4 Å². The summed E-state index contributed by atoms with van der Waals surface area (Å²) in [7, 11) is 1.43. The van der Waals surface area contributed by atoms with E-state index in [2.05, 4.69) is 0 Å². The summed E-state index contributed by atoms with van der Waals surface area (Å²) in [5.74, 6) is -0.775. The van der Waals surface area contributed by atoms with E-state index in [1.54, 1.807) is 13.8 Å². The second kappa shape index (κ2) is 4.34. The monoisotopic (exact) mass is 219 g/mol. The quantitative estimate of drug-likeness (QED) is 0.689. The summed E-state index contributed by atoms with van der Waals surface area (Å²) in [6.45, 7) is 3.45. The van der Waals surface area contributed by atoms with Gasteiger partial charge in [0.15, 0.2) is 5.79 Å². The number of likely N-dealkylation sites (N-methyl/N-ethyl adjacent to an activating group) is 1. The number of carboxylic acid groups (broad SMARTS) is 1. The van der Waals surface area contributed by atoms with E-state index in [1.165, 1.54) is 7.05 Å². The molecule has 2 unspecified atom stereocenters. The number of carbonyl (C=O) groups is 1. The van der Waals surface area contributed by atoms with Gasteiger partial charge in [-0.1, -0.05) is 0 Å². The molecule has 1 rings (SSSR count). The standard InChI is InChI=1S/C9H17NO5/c1-9(2)14-5-6(7(4-11)15-9)10(3)8(12)13/h6-7,11H,4-5H2,1-3H3,(H,12,13). The molecule has 1 fully saturated rings. The first-order valence-electron chi connectivity index (χ1n) is 4.76. The fraction of sp³-hybridized carbons (Fsp3) is 0.889. The van der Waals surface area contributed by atoms with Crippen molar-refractivity contribution in [2.75, 3.05) is 20.3 Å². The number of ether oxygens (including phenoxy) is 2. The smallest absolute Gasteiger partial charge is 0.407 e. The zero-order valence-corrected chi connectivity index (χ0v) is 9.14. The van der Waals surface area contributed by atoms with E-state index >= 15 is 0 Å². The molecule has 1 saturated heterocycles. The molecular formula is C9H17NO5. The molecule has 15 heavy (non-hydrogen) atoms. The number of aliphatic hydroxyl groups is 1. The van der Waals surface area contributed by atoms with Crippen LogP contribution in [0, 0.1) is 0 Å². The highest BCUT2D eigenvalue weighted by Gasteiger charge is 2.39. The van der Waals surface area contributed by atoms with Gasteiger partial charge in [-0.3, -0.25) is 0 Å². The van der Waals surface area contributed by atoms with Crippen molar-refractivity contribution in [2.45, 2.75) is 31.8 Å². The van der Waals surface area contributed by atoms with Crippen molar-refractivity contribution < 1.29 is 24.5 Å². The number of rotatable bonds is 2. The molecule has 6 heteroatoms. The summed E-state index contributed by atoms with van der Waals surface area (Å²) in [5, 5.41) is 17.9. The molecule has 2 atom stereocenters. The second-order valence-corrected chi connectivity index (χ2v) is 4.01. The molecule has 0 spiro atoms. The third kappa shape index (κ3) is 2.80. The maximum atomic E-state index is 10.8. The third-order valence-electron chi connectivity index (χ3n) is 2.45. The van der Waals surface area contributed by atoms with Crippen molar-refractivity contribution in [3.05, 3.63) is 0 Å². The molecule has 1 heterocycles. The Hall–Kier alpha value is -0.850. The lowest BCUT2D eigenvalue weighted by atomic mass is 10.1. The molecule has 0 aromatic carbocycles. The molecule has 0 aromatic rings. The third-order valence-corrected chi connectivity index (χ3v) is 2.45. The average Bonchev–Trinajstić information content (AvgIpc) is 2.15. The Kier molecular flexibility index (Phi) is 3.54. The maximum Gasteiger partial charge on any atom is 0.407 e. The van der Waals surface area contributed by atoms with E-state index in [-0.39, 0.29) is 13.2 Å².